The molecule has 0 aliphatic carbocycles. The minimum atomic E-state index is -4.08. The Balaban J connectivity index is 1.89. The van der Waals surface area contributed by atoms with Crippen molar-refractivity contribution in [2.24, 2.45) is 0 Å². The van der Waals surface area contributed by atoms with Crippen molar-refractivity contribution in [1.29, 1.82) is 0 Å². The maximum atomic E-state index is 15.1. The zero-order valence-corrected chi connectivity index (χ0v) is 19.6. The molecule has 34 heavy (non-hydrogen) atoms. The van der Waals surface area contributed by atoms with Gasteiger partial charge >= 0.3 is 0 Å². The number of aryl methyl sites for hydroxylation is 1. The standard InChI is InChI=1S/C21H20F3N3O5S2/c1-2-8-34(31,32)27(33(29)30)7-3-4-13-10-16(22)20(24)18(19(13)23)21(28)14-5-6-17-15(9-14)11-25-12-26-17/h5-6,9-12,33H,2-4,7-8H2,1H3. The van der Waals surface area contributed by atoms with Crippen molar-refractivity contribution in [3.05, 3.63) is 70.9 Å². The summed E-state index contributed by atoms with van der Waals surface area (Å²) in [5, 5.41) is 0.436. The number of carbonyl (C=O) groups excluding carboxylic acids is 1. The van der Waals surface area contributed by atoms with Crippen molar-refractivity contribution in [3.8, 4) is 0 Å². The SMILES string of the molecule is CCCS(=O)(=O)N(CCCc1cc(F)c(F)c(C(=O)c2ccc3ncncc3c2)c1F)[SH](=O)=O. The monoisotopic (exact) mass is 515 g/mol. The number of thiol groups is 1. The molecule has 1 aromatic heterocycles. The first-order valence-electron chi connectivity index (χ1n) is 10.1. The van der Waals surface area contributed by atoms with Crippen LogP contribution < -0.4 is 0 Å². The number of hydrogen-bond acceptors (Lipinski definition) is 7. The highest BCUT2D eigenvalue weighted by Gasteiger charge is 2.27. The first-order valence-corrected chi connectivity index (χ1v) is 12.9. The molecule has 0 bridgehead atoms. The van der Waals surface area contributed by atoms with Crippen molar-refractivity contribution >= 4 is 37.6 Å². The van der Waals surface area contributed by atoms with E-state index in [2.05, 4.69) is 9.97 Å². The number of benzene rings is 2. The number of halogens is 3. The van der Waals surface area contributed by atoms with E-state index in [4.69, 9.17) is 0 Å². The van der Waals surface area contributed by atoms with Gasteiger partial charge in [-0.05, 0) is 49.1 Å². The molecule has 0 spiro atoms. The highest BCUT2D eigenvalue weighted by Crippen LogP contribution is 2.25. The molecule has 0 fully saturated rings. The van der Waals surface area contributed by atoms with Crippen LogP contribution in [0.4, 0.5) is 13.2 Å². The number of ketones is 1. The van der Waals surface area contributed by atoms with Crippen LogP contribution in [-0.2, 0) is 27.3 Å². The molecule has 13 heteroatoms. The first-order chi connectivity index (χ1) is 16.1. The van der Waals surface area contributed by atoms with Crippen LogP contribution in [0.25, 0.3) is 10.9 Å². The minimum Gasteiger partial charge on any atom is -0.288 e. The second-order valence-electron chi connectivity index (χ2n) is 7.35. The van der Waals surface area contributed by atoms with Crippen molar-refractivity contribution in [3.63, 3.8) is 0 Å². The summed E-state index contributed by atoms with van der Waals surface area (Å²) >= 11 is 0. The lowest BCUT2D eigenvalue weighted by atomic mass is 9.97. The summed E-state index contributed by atoms with van der Waals surface area (Å²) in [4.78, 5) is 20.7. The number of hydrogen-bond donors (Lipinski definition) is 1. The molecule has 8 nitrogen and oxygen atoms in total. The number of aromatic nitrogens is 2. The smallest absolute Gasteiger partial charge is 0.226 e. The summed E-state index contributed by atoms with van der Waals surface area (Å²) in [6.07, 6.45) is 2.33. The van der Waals surface area contributed by atoms with E-state index in [0.717, 1.165) is 0 Å². The van der Waals surface area contributed by atoms with Crippen molar-refractivity contribution in [1.82, 2.24) is 13.7 Å². The second kappa shape index (κ2) is 10.6. The summed E-state index contributed by atoms with van der Waals surface area (Å²) in [6.45, 7) is 1.05. The molecule has 182 valence electrons. The number of nitrogens with zero attached hydrogens (tertiary/aromatic N) is 3. The molecule has 0 atom stereocenters. The number of sulfonamides is 1. The molecule has 3 aromatic rings. The Bertz CT molecular complexity index is 1420. The lowest BCUT2D eigenvalue weighted by Gasteiger charge is -2.16. The maximum absolute atomic E-state index is 15.1. The lowest BCUT2D eigenvalue weighted by molar-refractivity contribution is 0.102. The van der Waals surface area contributed by atoms with Gasteiger partial charge in [-0.2, -0.15) is 0 Å². The van der Waals surface area contributed by atoms with Gasteiger partial charge in [0.1, 0.15) is 12.1 Å². The molecule has 3 rings (SSSR count). The zero-order chi connectivity index (χ0) is 25.0. The summed E-state index contributed by atoms with van der Waals surface area (Å²) in [6, 6.07) is 4.64. The predicted molar refractivity (Wildman–Crippen MR) is 119 cm³/mol. The summed E-state index contributed by atoms with van der Waals surface area (Å²) in [5.41, 5.74) is -1.11. The van der Waals surface area contributed by atoms with E-state index >= 15 is 4.39 Å². The van der Waals surface area contributed by atoms with Crippen LogP contribution in [0, 0.1) is 17.5 Å². The van der Waals surface area contributed by atoms with E-state index in [0.29, 0.717) is 17.0 Å². The number of carbonyl (C=O) groups is 1. The van der Waals surface area contributed by atoms with Crippen LogP contribution in [0.15, 0.2) is 36.8 Å². The van der Waals surface area contributed by atoms with E-state index in [9.17, 15) is 30.4 Å². The topological polar surface area (TPSA) is 114 Å². The van der Waals surface area contributed by atoms with E-state index in [1.54, 1.807) is 6.92 Å². The van der Waals surface area contributed by atoms with Gasteiger partial charge in [0.05, 0.1) is 16.8 Å². The fourth-order valence-corrected chi connectivity index (χ4v) is 5.89. The zero-order valence-electron chi connectivity index (χ0n) is 17.9. The van der Waals surface area contributed by atoms with Crippen LogP contribution >= 0.6 is 0 Å². The molecule has 0 saturated heterocycles. The Morgan fingerprint density at radius 1 is 1.12 bits per heavy atom. The van der Waals surface area contributed by atoms with Gasteiger partial charge in [0.25, 0.3) is 0 Å². The van der Waals surface area contributed by atoms with Gasteiger partial charge in [-0.1, -0.05) is 10.6 Å². The largest absolute Gasteiger partial charge is 0.288 e. The molecule has 0 aliphatic heterocycles. The third kappa shape index (κ3) is 5.42. The summed E-state index contributed by atoms with van der Waals surface area (Å²) in [7, 11) is -7.55. The van der Waals surface area contributed by atoms with Gasteiger partial charge in [-0.3, -0.25) is 4.79 Å². The average Bonchev–Trinajstić information content (AvgIpc) is 2.79. The van der Waals surface area contributed by atoms with Crippen molar-refractivity contribution in [2.75, 3.05) is 12.3 Å². The molecule has 0 aliphatic rings. The van der Waals surface area contributed by atoms with Crippen LogP contribution in [0.5, 0.6) is 0 Å². The number of fused-ring (bicyclic) bond motifs is 1. The van der Waals surface area contributed by atoms with Crippen LogP contribution in [0.3, 0.4) is 0 Å². The maximum Gasteiger partial charge on any atom is 0.226 e. The van der Waals surface area contributed by atoms with E-state index in [1.807, 2.05) is 0 Å². The molecule has 0 N–H and O–H groups in total. The molecule has 0 amide bonds. The van der Waals surface area contributed by atoms with E-state index in [1.165, 1.54) is 30.7 Å². The summed E-state index contributed by atoms with van der Waals surface area (Å²) in [5.74, 6) is -5.93. The molecule has 0 saturated carbocycles. The predicted octanol–water partition coefficient (Wildman–Crippen LogP) is 2.78. The number of rotatable bonds is 10. The Morgan fingerprint density at radius 3 is 2.53 bits per heavy atom. The van der Waals surface area contributed by atoms with Gasteiger partial charge < -0.3 is 0 Å². The first kappa shape index (κ1) is 25.7. The van der Waals surface area contributed by atoms with Crippen LogP contribution in [0.2, 0.25) is 0 Å². The highest BCUT2D eigenvalue weighted by molar-refractivity contribution is 7.97. The summed E-state index contributed by atoms with van der Waals surface area (Å²) < 4.78 is 91.0. The van der Waals surface area contributed by atoms with Gasteiger partial charge in [0.15, 0.2) is 17.4 Å². The molecular formula is C21H20F3N3O5S2. The van der Waals surface area contributed by atoms with Gasteiger partial charge in [0, 0.05) is 23.7 Å². The normalized spacial score (nSPS) is 12.1. The van der Waals surface area contributed by atoms with Gasteiger partial charge in [-0.25, -0.2) is 40.0 Å². The molecule has 0 radical (unpaired) electrons. The quantitative estimate of drug-likeness (QED) is 0.251. The van der Waals surface area contributed by atoms with E-state index in [-0.39, 0.29) is 34.1 Å². The Morgan fingerprint density at radius 2 is 1.85 bits per heavy atom. The molecular weight excluding hydrogens is 495 g/mol. The van der Waals surface area contributed by atoms with E-state index < -0.39 is 62.0 Å². The van der Waals surface area contributed by atoms with Crippen molar-refractivity contribution in [2.45, 2.75) is 26.2 Å². The second-order valence-corrected chi connectivity index (χ2v) is 10.6. The molecule has 1 heterocycles. The lowest BCUT2D eigenvalue weighted by Crippen LogP contribution is -2.32. The van der Waals surface area contributed by atoms with Gasteiger partial charge in [0.2, 0.25) is 20.9 Å². The fraction of sp³-hybridized carbons (Fsp3) is 0.286. The van der Waals surface area contributed by atoms with Crippen LogP contribution in [-0.4, -0.2) is 48.6 Å². The minimum absolute atomic E-state index is 0.114. The highest BCUT2D eigenvalue weighted by atomic mass is 32.3. The third-order valence-corrected chi connectivity index (χ3v) is 8.45. The van der Waals surface area contributed by atoms with Gasteiger partial charge in [-0.15, -0.1) is 0 Å². The molecule has 2 aromatic carbocycles. The van der Waals surface area contributed by atoms with Crippen LogP contribution in [0.1, 0.15) is 41.3 Å². The van der Waals surface area contributed by atoms with Crippen molar-refractivity contribution < 1.29 is 34.8 Å². The Labute approximate surface area is 195 Å². The third-order valence-electron chi connectivity index (χ3n) is 4.99. The fourth-order valence-electron chi connectivity index (χ4n) is 3.40. The average molecular weight is 516 g/mol. The Hall–Kier alpha value is -2.90. The Kier molecular flexibility index (Phi) is 8.00. The molecule has 0 unspecified atom stereocenters.